The van der Waals surface area contributed by atoms with E-state index in [1.165, 1.54) is 6.08 Å². The second kappa shape index (κ2) is 8.37. The molecule has 2 rings (SSSR count). The van der Waals surface area contributed by atoms with Crippen LogP contribution in [0.4, 0.5) is 41.4 Å². The molecule has 0 spiro atoms. The van der Waals surface area contributed by atoms with E-state index in [-0.39, 0.29) is 6.61 Å². The molecule has 0 aliphatic rings. The van der Waals surface area contributed by atoms with E-state index < -0.39 is 13.9 Å². The molecule has 0 atom stereocenters. The van der Waals surface area contributed by atoms with Gasteiger partial charge in [-0.05, 0) is 24.3 Å². The van der Waals surface area contributed by atoms with Crippen LogP contribution in [0.25, 0.3) is 0 Å². The van der Waals surface area contributed by atoms with Crippen molar-refractivity contribution in [3.63, 3.8) is 0 Å². The molecule has 154 valence electrons. The molecule has 28 heavy (non-hydrogen) atoms. The minimum Gasteiger partial charge on any atom is -0.443 e. The normalized spacial score (nSPS) is 12.9. The number of nitrogens with one attached hydrogen (secondary N) is 1. The summed E-state index contributed by atoms with van der Waals surface area (Å²) in [5.41, 5.74) is 1.04. The zero-order valence-corrected chi connectivity index (χ0v) is 14.8. The maximum atomic E-state index is 11.6. The topological polar surface area (TPSA) is 71.6 Å². The van der Waals surface area contributed by atoms with Crippen molar-refractivity contribution in [2.24, 2.45) is 4.99 Å². The van der Waals surface area contributed by atoms with Gasteiger partial charge >= 0.3 is 39.1 Å². The van der Waals surface area contributed by atoms with Crippen molar-refractivity contribution >= 4 is 31.4 Å². The predicted molar refractivity (Wildman–Crippen MR) is 89.4 cm³/mol. The summed E-state index contributed by atoms with van der Waals surface area (Å²) < 4.78 is 66.2. The Labute approximate surface area is 154 Å². The predicted octanol–water partition coefficient (Wildman–Crippen LogP) is 5.57. The summed E-state index contributed by atoms with van der Waals surface area (Å²) in [5.74, 6) is 0. The minimum absolute atomic E-state index is 0.272. The third-order valence-corrected chi connectivity index (χ3v) is 2.65. The smallest absolute Gasteiger partial charge is 0.411 e. The Bertz CT molecular complexity index is 828. The van der Waals surface area contributed by atoms with Crippen LogP contribution in [-0.2, 0) is 16.1 Å². The van der Waals surface area contributed by atoms with Gasteiger partial charge in [-0.25, -0.2) is 14.2 Å². The van der Waals surface area contributed by atoms with E-state index in [4.69, 9.17) is 4.74 Å². The van der Waals surface area contributed by atoms with E-state index >= 15 is 0 Å². The summed E-state index contributed by atoms with van der Waals surface area (Å²) in [7, 11) is -10.7. The number of rotatable bonds is 5. The van der Waals surface area contributed by atoms with E-state index in [0.717, 1.165) is 0 Å². The van der Waals surface area contributed by atoms with Gasteiger partial charge in [0.25, 0.3) is 0 Å². The number of nitrogens with zero attached hydrogens (tertiary/aromatic N) is 2. The fraction of sp³-hybridized carbons (Fsp3) is 0.133. The first-order valence-electron chi connectivity index (χ1n) is 7.35. The summed E-state index contributed by atoms with van der Waals surface area (Å²) in [4.78, 5) is 25.1. The zero-order chi connectivity index (χ0) is 21.3. The molecule has 1 heterocycles. The van der Waals surface area contributed by atoms with Crippen LogP contribution in [-0.4, -0.2) is 18.8 Å². The van der Waals surface area contributed by atoms with Gasteiger partial charge in [0.15, 0.2) is 25.5 Å². The van der Waals surface area contributed by atoms with Gasteiger partial charge < -0.3 is 4.74 Å². The Morgan fingerprint density at radius 2 is 1.57 bits per heavy atom. The number of carbonyl (C=O) groups excluding carboxylic acids is 2. The maximum Gasteiger partial charge on any atom is 0.411 e. The van der Waals surface area contributed by atoms with Gasteiger partial charge in [0.05, 0.1) is 5.69 Å². The second-order valence-electron chi connectivity index (χ2n) is 5.08. The van der Waals surface area contributed by atoms with Crippen LogP contribution in [0.2, 0.25) is 0 Å². The third-order valence-electron chi connectivity index (χ3n) is 2.65. The first kappa shape index (κ1) is 23.1. The molecule has 0 aliphatic carbocycles. The number of isocyanates is 1. The SMILES string of the molecule is F[P-](F)(F)(F)(F)F.O=C=Nc1ccc(NC(=O)OCC[n+]2ccccc2)cc1. The fourth-order valence-electron chi connectivity index (χ4n) is 1.65. The fourth-order valence-corrected chi connectivity index (χ4v) is 1.65. The Hall–Kier alpha value is -2.97. The van der Waals surface area contributed by atoms with Crippen molar-refractivity contribution in [2.75, 3.05) is 11.9 Å². The number of pyridine rings is 1. The zero-order valence-electron chi connectivity index (χ0n) is 13.9. The molecule has 0 saturated heterocycles. The summed E-state index contributed by atoms with van der Waals surface area (Å²) in [5, 5.41) is 2.59. The number of aliphatic imine (C=N–C) groups is 1. The maximum absolute atomic E-state index is 11.6. The van der Waals surface area contributed by atoms with Crippen LogP contribution in [0.3, 0.4) is 0 Å². The average Bonchev–Trinajstić information content (AvgIpc) is 2.55. The molecule has 0 radical (unpaired) electrons. The van der Waals surface area contributed by atoms with Gasteiger partial charge in [-0.15, -0.1) is 0 Å². The Morgan fingerprint density at radius 1 is 1.04 bits per heavy atom. The van der Waals surface area contributed by atoms with Crippen molar-refractivity contribution in [3.8, 4) is 0 Å². The van der Waals surface area contributed by atoms with Gasteiger partial charge in [-0.2, -0.15) is 4.99 Å². The van der Waals surface area contributed by atoms with Crippen LogP contribution >= 0.6 is 7.81 Å². The monoisotopic (exact) mass is 429 g/mol. The molecular formula is C15H14F6N3O3P. The van der Waals surface area contributed by atoms with Gasteiger partial charge in [-0.3, -0.25) is 5.32 Å². The summed E-state index contributed by atoms with van der Waals surface area (Å²) in [6.07, 6.45) is 4.71. The summed E-state index contributed by atoms with van der Waals surface area (Å²) in [6, 6.07) is 12.2. The second-order valence-corrected chi connectivity index (χ2v) is 7.00. The number of benzene rings is 1. The number of anilines is 1. The molecular weight excluding hydrogens is 415 g/mol. The van der Waals surface area contributed by atoms with Crippen molar-refractivity contribution < 1.29 is 44.1 Å². The molecule has 1 N–H and O–H groups in total. The van der Waals surface area contributed by atoms with Crippen molar-refractivity contribution in [2.45, 2.75) is 6.54 Å². The molecule has 0 bridgehead atoms. The Morgan fingerprint density at radius 3 is 2.07 bits per heavy atom. The molecule has 0 saturated carbocycles. The van der Waals surface area contributed by atoms with E-state index in [9.17, 15) is 34.8 Å². The molecule has 1 aromatic heterocycles. The van der Waals surface area contributed by atoms with Gasteiger partial charge in [0.1, 0.15) is 0 Å². The van der Waals surface area contributed by atoms with Gasteiger partial charge in [0, 0.05) is 17.8 Å². The number of hydrogen-bond donors (Lipinski definition) is 1. The molecule has 13 heteroatoms. The number of hydrogen-bond acceptors (Lipinski definition) is 4. The quantitative estimate of drug-likeness (QED) is 0.222. The molecule has 2 aromatic rings. The van der Waals surface area contributed by atoms with Crippen LogP contribution in [0.15, 0.2) is 59.9 Å². The molecule has 1 amide bonds. The first-order valence-corrected chi connectivity index (χ1v) is 9.38. The van der Waals surface area contributed by atoms with Crippen LogP contribution < -0.4 is 9.88 Å². The van der Waals surface area contributed by atoms with Crippen LogP contribution in [0.1, 0.15) is 0 Å². The number of halogens is 6. The van der Waals surface area contributed by atoms with Crippen LogP contribution in [0, 0.1) is 0 Å². The van der Waals surface area contributed by atoms with Gasteiger partial charge in [-0.1, -0.05) is 6.07 Å². The first-order chi connectivity index (χ1) is 12.7. The minimum atomic E-state index is -10.7. The molecule has 0 unspecified atom stereocenters. The molecule has 6 nitrogen and oxygen atoms in total. The van der Waals surface area contributed by atoms with Gasteiger partial charge in [0.2, 0.25) is 6.08 Å². The number of amides is 1. The van der Waals surface area contributed by atoms with E-state index in [1.54, 1.807) is 24.3 Å². The average molecular weight is 429 g/mol. The van der Waals surface area contributed by atoms with Crippen molar-refractivity contribution in [3.05, 3.63) is 54.9 Å². The van der Waals surface area contributed by atoms with E-state index in [1.807, 2.05) is 35.2 Å². The summed E-state index contributed by atoms with van der Waals surface area (Å²) in [6.45, 7) is 0.856. The third kappa shape index (κ3) is 14.2. The molecule has 0 aliphatic heterocycles. The molecule has 1 aromatic carbocycles. The van der Waals surface area contributed by atoms with Crippen LogP contribution in [0.5, 0.6) is 0 Å². The summed E-state index contributed by atoms with van der Waals surface area (Å²) >= 11 is 0. The van der Waals surface area contributed by atoms with Crippen molar-refractivity contribution in [1.82, 2.24) is 0 Å². The molecule has 0 fully saturated rings. The standard InChI is InChI=1S/C15H13N3O3.F6P/c19-12-16-13-4-6-14(7-5-13)17-15(20)21-11-10-18-8-2-1-3-9-18;1-7(2,3,4,5)6/h1-9H,10-11H2;/q;-1/p+1. The number of carbonyl (C=O) groups is 1. The van der Waals surface area contributed by atoms with E-state index in [0.29, 0.717) is 17.9 Å². The Balaban J connectivity index is 0.000000480. The van der Waals surface area contributed by atoms with Crippen molar-refractivity contribution in [1.29, 1.82) is 0 Å². The number of aromatic nitrogens is 1. The number of ether oxygens (including phenoxy) is 1. The van der Waals surface area contributed by atoms with E-state index in [2.05, 4.69) is 10.3 Å². The largest absolute Gasteiger partial charge is 0.443 e. The Kier molecular flexibility index (Phi) is 6.89.